The predicted molar refractivity (Wildman–Crippen MR) is 130 cm³/mol. The van der Waals surface area contributed by atoms with Crippen molar-refractivity contribution >= 4 is 29.3 Å². The van der Waals surface area contributed by atoms with Crippen LogP contribution in [0, 0.1) is 11.7 Å². The molecule has 178 valence electrons. The summed E-state index contributed by atoms with van der Waals surface area (Å²) in [5.41, 5.74) is 2.39. The first-order valence-electron chi connectivity index (χ1n) is 11.3. The lowest BCUT2D eigenvalue weighted by molar-refractivity contribution is -0.119. The molecule has 1 heterocycles. The third-order valence-electron chi connectivity index (χ3n) is 5.57. The first kappa shape index (κ1) is 23.9. The van der Waals surface area contributed by atoms with Crippen LogP contribution in [-0.2, 0) is 9.59 Å². The van der Waals surface area contributed by atoms with Crippen molar-refractivity contribution in [1.82, 2.24) is 20.1 Å². The minimum absolute atomic E-state index is 0.137. The molecule has 1 aliphatic carbocycles. The highest BCUT2D eigenvalue weighted by molar-refractivity contribution is 7.99. The van der Waals surface area contributed by atoms with Gasteiger partial charge in [-0.3, -0.25) is 14.2 Å². The molecule has 0 spiro atoms. The number of benzene rings is 2. The van der Waals surface area contributed by atoms with Gasteiger partial charge in [0.15, 0.2) is 5.16 Å². The fourth-order valence-corrected chi connectivity index (χ4v) is 4.57. The fourth-order valence-electron chi connectivity index (χ4n) is 3.80. The Morgan fingerprint density at radius 2 is 1.88 bits per heavy atom. The summed E-state index contributed by atoms with van der Waals surface area (Å²) in [4.78, 5) is 24.3. The van der Waals surface area contributed by atoms with Gasteiger partial charge in [0, 0.05) is 18.5 Å². The average molecular weight is 482 g/mol. The van der Waals surface area contributed by atoms with Crippen molar-refractivity contribution in [1.29, 1.82) is 0 Å². The number of nitrogens with one attached hydrogen (secondary N) is 2. The van der Waals surface area contributed by atoms with Crippen LogP contribution >= 0.6 is 11.8 Å². The van der Waals surface area contributed by atoms with Gasteiger partial charge < -0.3 is 10.6 Å². The molecule has 9 heteroatoms. The molecule has 1 unspecified atom stereocenters. The second-order valence-electron chi connectivity index (χ2n) is 8.81. The van der Waals surface area contributed by atoms with Gasteiger partial charge in [-0.05, 0) is 54.7 Å². The number of carbonyl (C=O) groups is 2. The molecule has 1 fully saturated rings. The SMILES string of the molecule is CC(=O)Nc1cccc(-n2c(SCC(=O)NC(c3ccc(F)cc3)C(C)C)nnc2C2CC2)c1. The Balaban J connectivity index is 1.50. The summed E-state index contributed by atoms with van der Waals surface area (Å²) in [6, 6.07) is 13.5. The minimum Gasteiger partial charge on any atom is -0.348 e. The van der Waals surface area contributed by atoms with E-state index in [0.717, 1.165) is 29.9 Å². The molecule has 2 aromatic carbocycles. The molecular weight excluding hydrogens is 453 g/mol. The molecular formula is C25H28FN5O2S. The van der Waals surface area contributed by atoms with Crippen molar-refractivity contribution in [2.24, 2.45) is 5.92 Å². The lowest BCUT2D eigenvalue weighted by Crippen LogP contribution is -2.33. The fraction of sp³-hybridized carbons (Fsp3) is 0.360. The molecule has 1 atom stereocenters. The van der Waals surface area contributed by atoms with Gasteiger partial charge in [-0.2, -0.15) is 0 Å². The Hall–Kier alpha value is -3.20. The molecule has 34 heavy (non-hydrogen) atoms. The topological polar surface area (TPSA) is 88.9 Å². The van der Waals surface area contributed by atoms with E-state index in [-0.39, 0.29) is 35.3 Å². The van der Waals surface area contributed by atoms with Crippen LogP contribution in [0.15, 0.2) is 53.7 Å². The smallest absolute Gasteiger partial charge is 0.230 e. The maximum absolute atomic E-state index is 13.3. The monoisotopic (exact) mass is 481 g/mol. The lowest BCUT2D eigenvalue weighted by Gasteiger charge is -2.23. The molecule has 3 aromatic rings. The van der Waals surface area contributed by atoms with Crippen molar-refractivity contribution in [3.63, 3.8) is 0 Å². The van der Waals surface area contributed by atoms with Crippen LogP contribution in [0.25, 0.3) is 5.69 Å². The summed E-state index contributed by atoms with van der Waals surface area (Å²) in [6.07, 6.45) is 2.12. The second-order valence-corrected chi connectivity index (χ2v) is 9.75. The third-order valence-corrected chi connectivity index (χ3v) is 6.50. The van der Waals surface area contributed by atoms with E-state index in [0.29, 0.717) is 16.8 Å². The Morgan fingerprint density at radius 3 is 2.53 bits per heavy atom. The number of aromatic nitrogens is 3. The normalized spacial score (nSPS) is 14.1. The van der Waals surface area contributed by atoms with E-state index in [9.17, 15) is 14.0 Å². The minimum atomic E-state index is -0.304. The Morgan fingerprint density at radius 1 is 1.15 bits per heavy atom. The number of rotatable bonds is 9. The van der Waals surface area contributed by atoms with E-state index in [2.05, 4.69) is 20.8 Å². The zero-order valence-corrected chi connectivity index (χ0v) is 20.2. The molecule has 0 saturated heterocycles. The molecule has 2 N–H and O–H groups in total. The van der Waals surface area contributed by atoms with Gasteiger partial charge in [-0.15, -0.1) is 10.2 Å². The largest absolute Gasteiger partial charge is 0.348 e. The van der Waals surface area contributed by atoms with Crippen LogP contribution < -0.4 is 10.6 Å². The summed E-state index contributed by atoms with van der Waals surface area (Å²) in [5, 5.41) is 15.3. The van der Waals surface area contributed by atoms with Crippen molar-refractivity contribution < 1.29 is 14.0 Å². The summed E-state index contributed by atoms with van der Waals surface area (Å²) in [5.74, 6) is 0.942. The number of hydrogen-bond acceptors (Lipinski definition) is 5. The van der Waals surface area contributed by atoms with Crippen LogP contribution in [0.5, 0.6) is 0 Å². The third kappa shape index (κ3) is 5.83. The summed E-state index contributed by atoms with van der Waals surface area (Å²) < 4.78 is 15.3. The quantitative estimate of drug-likeness (QED) is 0.427. The van der Waals surface area contributed by atoms with Crippen LogP contribution in [0.3, 0.4) is 0 Å². The number of hydrogen-bond donors (Lipinski definition) is 2. The van der Waals surface area contributed by atoms with Crippen molar-refractivity contribution in [3.05, 3.63) is 65.7 Å². The maximum Gasteiger partial charge on any atom is 0.230 e. The number of carbonyl (C=O) groups excluding carboxylic acids is 2. The molecule has 0 aliphatic heterocycles. The Labute approximate surface area is 202 Å². The molecule has 4 rings (SSSR count). The molecule has 1 saturated carbocycles. The van der Waals surface area contributed by atoms with E-state index in [1.807, 2.05) is 42.7 Å². The molecule has 0 bridgehead atoms. The molecule has 2 amide bonds. The molecule has 1 aromatic heterocycles. The van der Waals surface area contributed by atoms with E-state index in [1.54, 1.807) is 12.1 Å². The van der Waals surface area contributed by atoms with E-state index < -0.39 is 0 Å². The van der Waals surface area contributed by atoms with Crippen LogP contribution in [0.4, 0.5) is 10.1 Å². The Bertz CT molecular complexity index is 1170. The van der Waals surface area contributed by atoms with Crippen molar-refractivity contribution in [2.75, 3.05) is 11.1 Å². The number of thioether (sulfide) groups is 1. The maximum atomic E-state index is 13.3. The van der Waals surface area contributed by atoms with Gasteiger partial charge >= 0.3 is 0 Å². The van der Waals surface area contributed by atoms with Gasteiger partial charge in [0.2, 0.25) is 11.8 Å². The van der Waals surface area contributed by atoms with Gasteiger partial charge in [-0.1, -0.05) is 43.8 Å². The van der Waals surface area contributed by atoms with Gasteiger partial charge in [0.1, 0.15) is 11.6 Å². The van der Waals surface area contributed by atoms with Crippen molar-refractivity contribution in [2.45, 2.75) is 50.7 Å². The van der Waals surface area contributed by atoms with E-state index in [4.69, 9.17) is 0 Å². The average Bonchev–Trinajstić information content (AvgIpc) is 3.55. The first-order valence-corrected chi connectivity index (χ1v) is 12.3. The summed E-state index contributed by atoms with van der Waals surface area (Å²) in [7, 11) is 0. The van der Waals surface area contributed by atoms with E-state index in [1.165, 1.54) is 30.8 Å². The van der Waals surface area contributed by atoms with E-state index >= 15 is 0 Å². The van der Waals surface area contributed by atoms with Gasteiger partial charge in [-0.25, -0.2) is 4.39 Å². The second kappa shape index (κ2) is 10.4. The number of nitrogens with zero attached hydrogens (tertiary/aromatic N) is 3. The van der Waals surface area contributed by atoms with Crippen molar-refractivity contribution in [3.8, 4) is 5.69 Å². The van der Waals surface area contributed by atoms with Gasteiger partial charge in [0.25, 0.3) is 0 Å². The zero-order chi connectivity index (χ0) is 24.2. The highest BCUT2D eigenvalue weighted by Crippen LogP contribution is 2.41. The zero-order valence-electron chi connectivity index (χ0n) is 19.4. The summed E-state index contributed by atoms with van der Waals surface area (Å²) >= 11 is 1.32. The molecule has 1 aliphatic rings. The first-order chi connectivity index (χ1) is 16.3. The van der Waals surface area contributed by atoms with Crippen LogP contribution in [-0.4, -0.2) is 32.3 Å². The standard InChI is InChI=1S/C25H28FN5O2S/c1-15(2)23(17-9-11-19(26)12-10-17)28-22(33)14-34-25-30-29-24(18-7-8-18)31(25)21-6-4-5-20(13-21)27-16(3)32/h4-6,9-13,15,18,23H,7-8,14H2,1-3H3,(H,27,32)(H,28,33). The Kier molecular flexibility index (Phi) is 7.31. The number of amides is 2. The highest BCUT2D eigenvalue weighted by atomic mass is 32.2. The number of halogens is 1. The lowest BCUT2D eigenvalue weighted by atomic mass is 9.96. The van der Waals surface area contributed by atoms with Gasteiger partial charge in [0.05, 0.1) is 17.5 Å². The van der Waals surface area contributed by atoms with Crippen LogP contribution in [0.2, 0.25) is 0 Å². The molecule has 0 radical (unpaired) electrons. The summed E-state index contributed by atoms with van der Waals surface area (Å²) in [6.45, 7) is 5.50. The molecule has 7 nitrogen and oxygen atoms in total. The predicted octanol–water partition coefficient (Wildman–Crippen LogP) is 4.85. The number of anilines is 1. The highest BCUT2D eigenvalue weighted by Gasteiger charge is 2.31. The van der Waals surface area contributed by atoms with Crippen LogP contribution in [0.1, 0.15) is 57.0 Å².